The molecule has 0 aromatic heterocycles. The SMILES string of the molecule is COCCN1CCCc2cc3c(c(C)c21)CCNCC3C.O=C(O)/C=C/C(=O)O. The number of nitrogens with one attached hydrogen (secondary N) is 1. The first-order valence-corrected chi connectivity index (χ1v) is 10.1. The first-order valence-electron chi connectivity index (χ1n) is 10.1. The zero-order valence-electron chi connectivity index (χ0n) is 17.5. The van der Waals surface area contributed by atoms with Crippen molar-refractivity contribution in [2.75, 3.05) is 44.8 Å². The summed E-state index contributed by atoms with van der Waals surface area (Å²) in [5.41, 5.74) is 7.77. The summed E-state index contributed by atoms with van der Waals surface area (Å²) in [6.07, 6.45) is 4.77. The van der Waals surface area contributed by atoms with Gasteiger partial charge in [0.05, 0.1) is 6.61 Å². The average Bonchev–Trinajstić information content (AvgIpc) is 2.87. The predicted octanol–water partition coefficient (Wildman–Crippen LogP) is 2.36. The van der Waals surface area contributed by atoms with Gasteiger partial charge in [-0.3, -0.25) is 0 Å². The minimum Gasteiger partial charge on any atom is -0.478 e. The molecular weight excluding hydrogens is 372 g/mol. The first-order chi connectivity index (χ1) is 13.8. The second-order valence-electron chi connectivity index (χ2n) is 7.53. The van der Waals surface area contributed by atoms with E-state index in [9.17, 15) is 9.59 Å². The molecule has 0 radical (unpaired) electrons. The maximum absolute atomic E-state index is 9.55. The lowest BCUT2D eigenvalue weighted by molar-refractivity contribution is -0.134. The van der Waals surface area contributed by atoms with E-state index in [2.05, 4.69) is 30.1 Å². The van der Waals surface area contributed by atoms with Crippen LogP contribution in [0.3, 0.4) is 0 Å². The molecule has 0 aliphatic carbocycles. The van der Waals surface area contributed by atoms with Gasteiger partial charge in [0.15, 0.2) is 0 Å². The van der Waals surface area contributed by atoms with E-state index in [0.717, 1.165) is 32.7 Å². The molecule has 1 atom stereocenters. The van der Waals surface area contributed by atoms with Gasteiger partial charge < -0.3 is 25.2 Å². The lowest BCUT2D eigenvalue weighted by Crippen LogP contribution is -2.33. The Hall–Kier alpha value is -2.38. The summed E-state index contributed by atoms with van der Waals surface area (Å²) >= 11 is 0. The van der Waals surface area contributed by atoms with Crippen molar-refractivity contribution in [2.24, 2.45) is 0 Å². The Bertz CT molecular complexity index is 744. The van der Waals surface area contributed by atoms with Gasteiger partial charge in [0.1, 0.15) is 0 Å². The van der Waals surface area contributed by atoms with Gasteiger partial charge in [-0.1, -0.05) is 13.0 Å². The fourth-order valence-electron chi connectivity index (χ4n) is 4.13. The van der Waals surface area contributed by atoms with Crippen LogP contribution in [0.2, 0.25) is 0 Å². The number of carboxylic acids is 2. The molecule has 0 saturated heterocycles. The molecule has 0 amide bonds. The third-order valence-corrected chi connectivity index (χ3v) is 5.45. The molecule has 0 fully saturated rings. The van der Waals surface area contributed by atoms with Crippen LogP contribution in [0.15, 0.2) is 18.2 Å². The van der Waals surface area contributed by atoms with Crippen LogP contribution in [-0.4, -0.2) is 62.0 Å². The Balaban J connectivity index is 0.000000321. The van der Waals surface area contributed by atoms with Crippen LogP contribution in [-0.2, 0) is 27.2 Å². The zero-order valence-corrected chi connectivity index (χ0v) is 17.5. The highest BCUT2D eigenvalue weighted by Gasteiger charge is 2.25. The van der Waals surface area contributed by atoms with Gasteiger partial charge in [0.2, 0.25) is 0 Å². The van der Waals surface area contributed by atoms with Gasteiger partial charge in [-0.2, -0.15) is 0 Å². The van der Waals surface area contributed by atoms with Gasteiger partial charge in [0.25, 0.3) is 0 Å². The Morgan fingerprint density at radius 3 is 2.59 bits per heavy atom. The fourth-order valence-corrected chi connectivity index (χ4v) is 4.13. The number of nitrogens with zero attached hydrogens (tertiary/aromatic N) is 1. The number of ether oxygens (including phenoxy) is 1. The average molecular weight is 405 g/mol. The second-order valence-corrected chi connectivity index (χ2v) is 7.53. The van der Waals surface area contributed by atoms with Crippen molar-refractivity contribution >= 4 is 17.6 Å². The number of hydrogen-bond donors (Lipinski definition) is 3. The van der Waals surface area contributed by atoms with E-state index in [1.807, 2.05) is 0 Å². The lowest BCUT2D eigenvalue weighted by Gasteiger charge is -2.35. The van der Waals surface area contributed by atoms with E-state index in [1.54, 1.807) is 23.8 Å². The van der Waals surface area contributed by atoms with E-state index >= 15 is 0 Å². The van der Waals surface area contributed by atoms with Crippen LogP contribution < -0.4 is 10.2 Å². The standard InChI is InChI=1S/C18H28N2O.C4H4O4/c1-13-12-19-7-6-16-14(2)18-15(11-17(13)16)5-4-8-20(18)9-10-21-3;5-3(6)1-2-4(7)8/h11,13,19H,4-10,12H2,1-3H3;1-2H,(H,5,6)(H,7,8)/b;2-1+. The Labute approximate surface area is 172 Å². The number of hydrogen-bond acceptors (Lipinski definition) is 5. The predicted molar refractivity (Wildman–Crippen MR) is 113 cm³/mol. The molecule has 2 aliphatic heterocycles. The summed E-state index contributed by atoms with van der Waals surface area (Å²) in [6, 6.07) is 2.51. The normalized spacial score (nSPS) is 18.3. The number of carboxylic acid groups (broad SMARTS) is 2. The number of aryl methyl sites for hydroxylation is 1. The molecule has 0 saturated carbocycles. The second kappa shape index (κ2) is 11.0. The van der Waals surface area contributed by atoms with Crippen LogP contribution >= 0.6 is 0 Å². The quantitative estimate of drug-likeness (QED) is 0.648. The first kappa shape index (κ1) is 22.9. The lowest BCUT2D eigenvalue weighted by atomic mass is 9.85. The number of carbonyl (C=O) groups is 2. The summed E-state index contributed by atoms with van der Waals surface area (Å²) in [5.74, 6) is -1.89. The largest absolute Gasteiger partial charge is 0.478 e. The molecule has 0 bridgehead atoms. The third kappa shape index (κ3) is 6.30. The van der Waals surface area contributed by atoms with Gasteiger partial charge >= 0.3 is 11.9 Å². The van der Waals surface area contributed by atoms with Crippen molar-refractivity contribution in [3.05, 3.63) is 40.5 Å². The molecule has 1 aromatic carbocycles. The summed E-state index contributed by atoms with van der Waals surface area (Å²) in [6.45, 7) is 9.90. The van der Waals surface area contributed by atoms with Crippen LogP contribution in [0.25, 0.3) is 0 Å². The van der Waals surface area contributed by atoms with Crippen LogP contribution in [0.5, 0.6) is 0 Å². The highest BCUT2D eigenvalue weighted by molar-refractivity contribution is 5.89. The highest BCUT2D eigenvalue weighted by atomic mass is 16.5. The van der Waals surface area contributed by atoms with Gasteiger partial charge in [-0.15, -0.1) is 0 Å². The molecule has 0 spiro atoms. The maximum atomic E-state index is 9.55. The summed E-state index contributed by atoms with van der Waals surface area (Å²) < 4.78 is 5.30. The van der Waals surface area contributed by atoms with Crippen molar-refractivity contribution in [3.8, 4) is 0 Å². The molecule has 1 unspecified atom stereocenters. The fraction of sp³-hybridized carbons (Fsp3) is 0.545. The molecule has 29 heavy (non-hydrogen) atoms. The van der Waals surface area contributed by atoms with Crippen molar-refractivity contribution in [3.63, 3.8) is 0 Å². The molecule has 2 aliphatic rings. The topological polar surface area (TPSA) is 99.1 Å². The molecule has 3 N–H and O–H groups in total. The zero-order chi connectivity index (χ0) is 21.4. The number of rotatable bonds is 5. The number of benzene rings is 1. The number of anilines is 1. The van der Waals surface area contributed by atoms with Crippen LogP contribution in [0.4, 0.5) is 5.69 Å². The van der Waals surface area contributed by atoms with Crippen molar-refractivity contribution in [1.82, 2.24) is 5.32 Å². The third-order valence-electron chi connectivity index (χ3n) is 5.45. The highest BCUT2D eigenvalue weighted by Crippen LogP contribution is 2.37. The van der Waals surface area contributed by atoms with Crippen molar-refractivity contribution < 1.29 is 24.5 Å². The number of aliphatic carboxylic acids is 2. The molecule has 7 nitrogen and oxygen atoms in total. The Kier molecular flexibility index (Phi) is 8.67. The van der Waals surface area contributed by atoms with Gasteiger partial charge in [0, 0.05) is 44.6 Å². The molecule has 7 heteroatoms. The van der Waals surface area contributed by atoms with E-state index in [0.29, 0.717) is 18.1 Å². The molecular formula is C22H32N2O5. The van der Waals surface area contributed by atoms with Crippen molar-refractivity contribution in [1.29, 1.82) is 0 Å². The van der Waals surface area contributed by atoms with E-state index in [4.69, 9.17) is 14.9 Å². The van der Waals surface area contributed by atoms with Crippen LogP contribution in [0.1, 0.15) is 41.5 Å². The maximum Gasteiger partial charge on any atom is 0.328 e. The Morgan fingerprint density at radius 2 is 1.97 bits per heavy atom. The smallest absolute Gasteiger partial charge is 0.328 e. The molecule has 2 heterocycles. The van der Waals surface area contributed by atoms with E-state index in [1.165, 1.54) is 30.6 Å². The Morgan fingerprint density at radius 1 is 1.28 bits per heavy atom. The van der Waals surface area contributed by atoms with Crippen LogP contribution in [0, 0.1) is 6.92 Å². The van der Waals surface area contributed by atoms with Crippen molar-refractivity contribution in [2.45, 2.75) is 39.0 Å². The van der Waals surface area contributed by atoms with E-state index < -0.39 is 11.9 Å². The monoisotopic (exact) mass is 404 g/mol. The molecule has 1 aromatic rings. The summed E-state index contributed by atoms with van der Waals surface area (Å²) in [4.78, 5) is 21.6. The minimum absolute atomic E-state index is 0.558. The molecule has 3 rings (SSSR count). The van der Waals surface area contributed by atoms with E-state index in [-0.39, 0.29) is 0 Å². The summed E-state index contributed by atoms with van der Waals surface area (Å²) in [7, 11) is 1.79. The van der Waals surface area contributed by atoms with Gasteiger partial charge in [-0.05, 0) is 60.9 Å². The summed E-state index contributed by atoms with van der Waals surface area (Å²) in [5, 5.41) is 19.2. The molecule has 160 valence electrons. The number of methoxy groups -OCH3 is 1. The number of fused-ring (bicyclic) bond motifs is 2. The minimum atomic E-state index is -1.26. The van der Waals surface area contributed by atoms with Gasteiger partial charge in [-0.25, -0.2) is 9.59 Å².